The van der Waals surface area contributed by atoms with E-state index in [0.717, 1.165) is 11.4 Å². The van der Waals surface area contributed by atoms with E-state index in [9.17, 15) is 0 Å². The van der Waals surface area contributed by atoms with Gasteiger partial charge in [0.05, 0.1) is 44.5 Å². The summed E-state index contributed by atoms with van der Waals surface area (Å²) in [6.07, 6.45) is 0. The van der Waals surface area contributed by atoms with Crippen LogP contribution in [0.25, 0.3) is 82.5 Å². The Morgan fingerprint density at radius 1 is 0.244 bits per heavy atom. The van der Waals surface area contributed by atoms with Gasteiger partial charge in [0.25, 0.3) is 0 Å². The molecule has 0 amide bonds. The first kappa shape index (κ1) is 24.4. The molecule has 0 bridgehead atoms. The third-order valence-corrected chi connectivity index (χ3v) is 9.42. The van der Waals surface area contributed by atoms with E-state index in [1.54, 1.807) is 0 Å². The number of nitrogens with zero attached hydrogens (tertiary/aromatic N) is 3. The fourth-order valence-electron chi connectivity index (χ4n) is 7.64. The molecule has 3 heteroatoms. The van der Waals surface area contributed by atoms with Crippen LogP contribution in [0.5, 0.6) is 0 Å². The molecule has 0 fully saturated rings. The monoisotopic (exact) mass is 573 g/mol. The number of fused-ring (bicyclic) bond motifs is 9. The summed E-state index contributed by atoms with van der Waals surface area (Å²) < 4.78 is 7.39. The van der Waals surface area contributed by atoms with E-state index in [2.05, 4.69) is 177 Å². The minimum Gasteiger partial charge on any atom is -0.307 e. The highest BCUT2D eigenvalue weighted by molar-refractivity contribution is 6.17. The van der Waals surface area contributed by atoms with Crippen LogP contribution in [0.2, 0.25) is 0 Å². The minimum absolute atomic E-state index is 1.15. The fourth-order valence-corrected chi connectivity index (χ4v) is 7.64. The Hall–Kier alpha value is -6.06. The Labute approximate surface area is 259 Å². The SMILES string of the molecule is c1ccc(-n2c3ccccc3c3cccc(-n4c5ccccc5c5cccc(-n6c7ccccc7c7ccccc76)c54)c32)cc1. The standard InChI is InChI=1S/C42H27N3/c1-2-14-28(15-3-1)43-35-22-8-6-18-31(35)33-20-13-27-40(41(33)43)45-38-25-11-7-19-32(38)34-21-12-26-39(42(34)45)44-36-23-9-4-16-29(36)30-17-5-10-24-37(30)44/h1-27H. The van der Waals surface area contributed by atoms with Gasteiger partial charge in [-0.25, -0.2) is 0 Å². The molecule has 0 saturated heterocycles. The highest BCUT2D eigenvalue weighted by atomic mass is 15.1. The predicted molar refractivity (Wildman–Crippen MR) is 189 cm³/mol. The van der Waals surface area contributed by atoms with Crippen LogP contribution in [-0.4, -0.2) is 13.7 Å². The summed E-state index contributed by atoms with van der Waals surface area (Å²) in [6.45, 7) is 0. The Balaban J connectivity index is 1.43. The first-order valence-corrected chi connectivity index (χ1v) is 15.5. The van der Waals surface area contributed by atoms with Crippen LogP contribution >= 0.6 is 0 Å². The van der Waals surface area contributed by atoms with Crippen LogP contribution in [-0.2, 0) is 0 Å². The van der Waals surface area contributed by atoms with Crippen LogP contribution < -0.4 is 0 Å². The number of hydrogen-bond donors (Lipinski definition) is 0. The van der Waals surface area contributed by atoms with Gasteiger partial charge in [-0.05, 0) is 48.5 Å². The van der Waals surface area contributed by atoms with Gasteiger partial charge in [0, 0.05) is 38.0 Å². The van der Waals surface area contributed by atoms with Crippen molar-refractivity contribution < 1.29 is 0 Å². The van der Waals surface area contributed by atoms with Crippen LogP contribution in [0, 0.1) is 0 Å². The van der Waals surface area contributed by atoms with Gasteiger partial charge in [-0.3, -0.25) is 0 Å². The molecular formula is C42H27N3. The summed E-state index contributed by atoms with van der Waals surface area (Å²) in [7, 11) is 0. The summed E-state index contributed by atoms with van der Waals surface area (Å²) in [5.41, 5.74) is 10.7. The maximum absolute atomic E-state index is 2.50. The lowest BCUT2D eigenvalue weighted by molar-refractivity contribution is 1.11. The Kier molecular flexibility index (Phi) is 5.00. The highest BCUT2D eigenvalue weighted by Crippen LogP contribution is 2.42. The van der Waals surface area contributed by atoms with Crippen molar-refractivity contribution in [3.05, 3.63) is 164 Å². The quantitative estimate of drug-likeness (QED) is 0.200. The predicted octanol–water partition coefficient (Wildman–Crippen LogP) is 11.0. The largest absolute Gasteiger partial charge is 0.307 e. The van der Waals surface area contributed by atoms with Crippen molar-refractivity contribution in [2.45, 2.75) is 0 Å². The van der Waals surface area contributed by atoms with Crippen molar-refractivity contribution in [2.24, 2.45) is 0 Å². The van der Waals surface area contributed by atoms with Gasteiger partial charge in [0.2, 0.25) is 0 Å². The second kappa shape index (κ2) is 9.22. The number of hydrogen-bond acceptors (Lipinski definition) is 0. The Bertz CT molecular complexity index is 2700. The zero-order valence-electron chi connectivity index (χ0n) is 24.4. The van der Waals surface area contributed by atoms with Crippen LogP contribution in [0.15, 0.2) is 164 Å². The van der Waals surface area contributed by atoms with Crippen LogP contribution in [0.4, 0.5) is 0 Å². The molecular weight excluding hydrogens is 546 g/mol. The molecule has 210 valence electrons. The zero-order valence-corrected chi connectivity index (χ0v) is 24.4. The van der Waals surface area contributed by atoms with E-state index in [1.165, 1.54) is 71.1 Å². The fraction of sp³-hybridized carbons (Fsp3) is 0. The minimum atomic E-state index is 1.15. The van der Waals surface area contributed by atoms with Gasteiger partial charge in [-0.15, -0.1) is 0 Å². The van der Waals surface area contributed by atoms with Crippen molar-refractivity contribution in [1.29, 1.82) is 0 Å². The van der Waals surface area contributed by atoms with E-state index >= 15 is 0 Å². The average molecular weight is 574 g/mol. The third-order valence-electron chi connectivity index (χ3n) is 9.42. The summed E-state index contributed by atoms with van der Waals surface area (Å²) in [5, 5.41) is 7.51. The van der Waals surface area contributed by atoms with Gasteiger partial charge in [-0.2, -0.15) is 0 Å². The molecule has 7 aromatic carbocycles. The summed E-state index contributed by atoms with van der Waals surface area (Å²) in [6, 6.07) is 59.4. The Morgan fingerprint density at radius 2 is 0.600 bits per heavy atom. The molecule has 0 aliphatic carbocycles. The summed E-state index contributed by atoms with van der Waals surface area (Å²) >= 11 is 0. The second-order valence-electron chi connectivity index (χ2n) is 11.8. The molecule has 0 N–H and O–H groups in total. The average Bonchev–Trinajstić information content (AvgIpc) is 3.75. The maximum atomic E-state index is 2.50. The molecule has 0 aliphatic rings. The van der Waals surface area contributed by atoms with Crippen molar-refractivity contribution in [3.8, 4) is 17.1 Å². The van der Waals surface area contributed by atoms with E-state index in [4.69, 9.17) is 0 Å². The van der Waals surface area contributed by atoms with E-state index in [-0.39, 0.29) is 0 Å². The normalized spacial score (nSPS) is 12.0. The molecule has 0 radical (unpaired) electrons. The number of benzene rings is 7. The first-order valence-electron chi connectivity index (χ1n) is 15.5. The van der Waals surface area contributed by atoms with Gasteiger partial charge < -0.3 is 13.7 Å². The molecule has 45 heavy (non-hydrogen) atoms. The van der Waals surface area contributed by atoms with Gasteiger partial charge in [-0.1, -0.05) is 115 Å². The molecule has 0 aliphatic heterocycles. The molecule has 10 aromatic rings. The van der Waals surface area contributed by atoms with Gasteiger partial charge in [0.1, 0.15) is 0 Å². The summed E-state index contributed by atoms with van der Waals surface area (Å²) in [4.78, 5) is 0. The van der Waals surface area contributed by atoms with Gasteiger partial charge in [0.15, 0.2) is 0 Å². The lowest BCUT2D eigenvalue weighted by atomic mass is 10.1. The molecule has 0 spiro atoms. The molecule has 3 nitrogen and oxygen atoms in total. The van der Waals surface area contributed by atoms with E-state index in [1.807, 2.05) is 0 Å². The molecule has 3 heterocycles. The second-order valence-corrected chi connectivity index (χ2v) is 11.8. The number of rotatable bonds is 3. The number of para-hydroxylation sites is 7. The van der Waals surface area contributed by atoms with Crippen molar-refractivity contribution in [3.63, 3.8) is 0 Å². The number of aromatic nitrogens is 3. The maximum Gasteiger partial charge on any atom is 0.0783 e. The van der Waals surface area contributed by atoms with Crippen molar-refractivity contribution in [2.75, 3.05) is 0 Å². The zero-order chi connectivity index (χ0) is 29.5. The molecule has 0 atom stereocenters. The third kappa shape index (κ3) is 3.30. The van der Waals surface area contributed by atoms with Crippen molar-refractivity contribution in [1.82, 2.24) is 13.7 Å². The smallest absolute Gasteiger partial charge is 0.0783 e. The van der Waals surface area contributed by atoms with E-state index < -0.39 is 0 Å². The molecule has 0 unspecified atom stereocenters. The molecule has 10 rings (SSSR count). The van der Waals surface area contributed by atoms with Crippen molar-refractivity contribution >= 4 is 65.4 Å². The highest BCUT2D eigenvalue weighted by Gasteiger charge is 2.23. The van der Waals surface area contributed by atoms with Crippen LogP contribution in [0.1, 0.15) is 0 Å². The van der Waals surface area contributed by atoms with Crippen LogP contribution in [0.3, 0.4) is 0 Å². The first-order chi connectivity index (χ1) is 22.4. The lowest BCUT2D eigenvalue weighted by Gasteiger charge is -2.17. The lowest BCUT2D eigenvalue weighted by Crippen LogP contribution is -2.03. The van der Waals surface area contributed by atoms with Gasteiger partial charge >= 0.3 is 0 Å². The molecule has 3 aromatic heterocycles. The molecule has 0 saturated carbocycles. The topological polar surface area (TPSA) is 14.8 Å². The Morgan fingerprint density at radius 3 is 1.13 bits per heavy atom. The summed E-state index contributed by atoms with van der Waals surface area (Å²) in [5.74, 6) is 0. The van der Waals surface area contributed by atoms with E-state index in [0.29, 0.717) is 0 Å².